The minimum Gasteiger partial charge on any atom is -0.468 e. The zero-order valence-electron chi connectivity index (χ0n) is 11.5. The molecule has 110 valence electrons. The summed E-state index contributed by atoms with van der Waals surface area (Å²) < 4.78 is 10.2. The van der Waals surface area contributed by atoms with Crippen LogP contribution in [0.4, 0.5) is 0 Å². The number of methoxy groups -OCH3 is 1. The highest BCUT2D eigenvalue weighted by molar-refractivity contribution is 6.30. The Hall–Kier alpha value is -1.61. The highest BCUT2D eigenvalue weighted by Gasteiger charge is 2.62. The lowest BCUT2D eigenvalue weighted by Gasteiger charge is -2.43. The van der Waals surface area contributed by atoms with Crippen molar-refractivity contribution < 1.29 is 14.3 Å². The van der Waals surface area contributed by atoms with E-state index in [-0.39, 0.29) is 17.9 Å². The van der Waals surface area contributed by atoms with Crippen LogP contribution in [0.1, 0.15) is 11.6 Å². The summed E-state index contributed by atoms with van der Waals surface area (Å²) in [6, 6.07) is 8.89. The molecule has 1 spiro atoms. The SMILES string of the molecule is COC(=O)[C@@H]1N[C@H](c2ccc(Cl)cc2)[C@H](C#N)C12COC2. The van der Waals surface area contributed by atoms with Crippen LogP contribution < -0.4 is 5.32 Å². The fourth-order valence-corrected chi connectivity index (χ4v) is 3.35. The largest absolute Gasteiger partial charge is 0.468 e. The standard InChI is InChI=1S/C15H15ClN2O3/c1-20-14(19)13-15(7-21-8-15)11(6-17)12(18-13)9-2-4-10(16)5-3-9/h2-5,11-13,18H,7-8H2,1H3/t11-,12+,13-/m0/s1. The second-order valence-electron chi connectivity index (χ2n) is 5.48. The molecule has 21 heavy (non-hydrogen) atoms. The maximum absolute atomic E-state index is 12.0. The van der Waals surface area contributed by atoms with E-state index in [0.717, 1.165) is 5.56 Å². The van der Waals surface area contributed by atoms with E-state index < -0.39 is 11.5 Å². The number of benzene rings is 1. The smallest absolute Gasteiger partial charge is 0.323 e. The number of nitriles is 1. The molecule has 5 nitrogen and oxygen atoms in total. The van der Waals surface area contributed by atoms with E-state index in [0.29, 0.717) is 18.2 Å². The molecule has 0 saturated carbocycles. The Morgan fingerprint density at radius 2 is 2.14 bits per heavy atom. The molecule has 2 saturated heterocycles. The molecule has 2 fully saturated rings. The van der Waals surface area contributed by atoms with E-state index in [4.69, 9.17) is 21.1 Å². The van der Waals surface area contributed by atoms with E-state index in [9.17, 15) is 10.1 Å². The predicted molar refractivity (Wildman–Crippen MR) is 75.5 cm³/mol. The van der Waals surface area contributed by atoms with Gasteiger partial charge in [-0.3, -0.25) is 10.1 Å². The fraction of sp³-hybridized carbons (Fsp3) is 0.467. The summed E-state index contributed by atoms with van der Waals surface area (Å²) >= 11 is 5.91. The second kappa shape index (κ2) is 5.30. The molecular weight excluding hydrogens is 292 g/mol. The first-order chi connectivity index (χ1) is 10.1. The molecule has 3 rings (SSSR count). The number of esters is 1. The number of hydrogen-bond acceptors (Lipinski definition) is 5. The first kappa shape index (κ1) is 14.3. The van der Waals surface area contributed by atoms with Gasteiger partial charge in [0, 0.05) is 11.1 Å². The topological polar surface area (TPSA) is 71.3 Å². The summed E-state index contributed by atoms with van der Waals surface area (Å²) in [5.74, 6) is -0.702. The van der Waals surface area contributed by atoms with E-state index >= 15 is 0 Å². The van der Waals surface area contributed by atoms with Crippen LogP contribution in [-0.2, 0) is 14.3 Å². The molecule has 1 aromatic rings. The van der Waals surface area contributed by atoms with Gasteiger partial charge >= 0.3 is 5.97 Å². The van der Waals surface area contributed by atoms with E-state index in [1.54, 1.807) is 12.1 Å². The van der Waals surface area contributed by atoms with Crippen molar-refractivity contribution in [1.29, 1.82) is 5.26 Å². The number of halogens is 1. The van der Waals surface area contributed by atoms with Crippen LogP contribution in [0.5, 0.6) is 0 Å². The van der Waals surface area contributed by atoms with Crippen molar-refractivity contribution in [2.24, 2.45) is 11.3 Å². The average Bonchev–Trinajstić information content (AvgIpc) is 2.82. The minimum absolute atomic E-state index is 0.236. The van der Waals surface area contributed by atoms with Crippen LogP contribution in [0.3, 0.4) is 0 Å². The third kappa shape index (κ3) is 2.11. The van der Waals surface area contributed by atoms with E-state index in [1.807, 2.05) is 12.1 Å². The lowest BCUT2D eigenvalue weighted by molar-refractivity contribution is -0.166. The van der Waals surface area contributed by atoms with Crippen molar-refractivity contribution in [3.05, 3.63) is 34.9 Å². The summed E-state index contributed by atoms with van der Waals surface area (Å²) in [4.78, 5) is 12.0. The van der Waals surface area contributed by atoms with E-state index in [2.05, 4.69) is 11.4 Å². The van der Waals surface area contributed by atoms with Crippen molar-refractivity contribution in [2.75, 3.05) is 20.3 Å². The Kier molecular flexibility index (Phi) is 3.62. The molecule has 2 aliphatic heterocycles. The lowest BCUT2D eigenvalue weighted by atomic mass is 9.69. The van der Waals surface area contributed by atoms with Gasteiger partial charge in [0.05, 0.1) is 37.7 Å². The third-order valence-corrected chi connectivity index (χ3v) is 4.67. The second-order valence-corrected chi connectivity index (χ2v) is 5.92. The molecule has 2 heterocycles. The van der Waals surface area contributed by atoms with Gasteiger partial charge in [0.1, 0.15) is 6.04 Å². The molecular formula is C15H15ClN2O3. The number of nitrogens with zero attached hydrogens (tertiary/aromatic N) is 1. The van der Waals surface area contributed by atoms with Crippen LogP contribution in [0.15, 0.2) is 24.3 Å². The summed E-state index contributed by atoms with van der Waals surface area (Å²) in [7, 11) is 1.36. The molecule has 0 unspecified atom stereocenters. The lowest BCUT2D eigenvalue weighted by Crippen LogP contribution is -2.57. The molecule has 0 bridgehead atoms. The average molecular weight is 307 g/mol. The number of ether oxygens (including phenoxy) is 2. The highest BCUT2D eigenvalue weighted by atomic mass is 35.5. The number of nitrogens with one attached hydrogen (secondary N) is 1. The Morgan fingerprint density at radius 1 is 1.48 bits per heavy atom. The van der Waals surface area contributed by atoms with Gasteiger partial charge in [-0.1, -0.05) is 23.7 Å². The molecule has 0 aliphatic carbocycles. The van der Waals surface area contributed by atoms with Gasteiger partial charge in [-0.25, -0.2) is 0 Å². The van der Waals surface area contributed by atoms with Crippen LogP contribution in [-0.4, -0.2) is 32.3 Å². The zero-order valence-corrected chi connectivity index (χ0v) is 12.3. The van der Waals surface area contributed by atoms with Crippen molar-refractivity contribution in [1.82, 2.24) is 5.32 Å². The molecule has 0 radical (unpaired) electrons. The first-order valence-corrected chi connectivity index (χ1v) is 7.07. The van der Waals surface area contributed by atoms with Crippen LogP contribution >= 0.6 is 11.6 Å². The quantitative estimate of drug-likeness (QED) is 0.842. The van der Waals surface area contributed by atoms with Gasteiger partial charge in [-0.2, -0.15) is 5.26 Å². The van der Waals surface area contributed by atoms with Gasteiger partial charge in [-0.15, -0.1) is 0 Å². The summed E-state index contributed by atoms with van der Waals surface area (Å²) in [6.07, 6.45) is 0. The number of carbonyl (C=O) groups is 1. The van der Waals surface area contributed by atoms with Gasteiger partial charge in [-0.05, 0) is 17.7 Å². The maximum atomic E-state index is 12.0. The Balaban J connectivity index is 1.97. The number of rotatable bonds is 2. The predicted octanol–water partition coefficient (Wildman–Crippen LogP) is 1.68. The van der Waals surface area contributed by atoms with Crippen LogP contribution in [0, 0.1) is 22.7 Å². The zero-order chi connectivity index (χ0) is 15.0. The number of hydrogen-bond donors (Lipinski definition) is 1. The highest BCUT2D eigenvalue weighted by Crippen LogP contribution is 2.50. The third-order valence-electron chi connectivity index (χ3n) is 4.42. The van der Waals surface area contributed by atoms with E-state index in [1.165, 1.54) is 7.11 Å². The minimum atomic E-state index is -0.526. The summed E-state index contributed by atoms with van der Waals surface area (Å²) in [5, 5.41) is 13.5. The van der Waals surface area contributed by atoms with Gasteiger partial charge < -0.3 is 9.47 Å². The van der Waals surface area contributed by atoms with Crippen molar-refractivity contribution in [3.8, 4) is 6.07 Å². The fourth-order valence-electron chi connectivity index (χ4n) is 3.22. The van der Waals surface area contributed by atoms with Crippen LogP contribution in [0.2, 0.25) is 5.02 Å². The molecule has 3 atom stereocenters. The molecule has 1 aromatic carbocycles. The maximum Gasteiger partial charge on any atom is 0.323 e. The van der Waals surface area contributed by atoms with Crippen molar-refractivity contribution in [3.63, 3.8) is 0 Å². The summed E-state index contributed by atoms with van der Waals surface area (Å²) in [5.41, 5.74) is 0.426. The van der Waals surface area contributed by atoms with Crippen molar-refractivity contribution >= 4 is 17.6 Å². The Labute approximate surface area is 127 Å². The summed E-state index contributed by atoms with van der Waals surface area (Å²) in [6.45, 7) is 0.782. The Bertz CT molecular complexity index is 592. The van der Waals surface area contributed by atoms with Gasteiger partial charge in [0.25, 0.3) is 0 Å². The van der Waals surface area contributed by atoms with Gasteiger partial charge in [0.15, 0.2) is 0 Å². The molecule has 6 heteroatoms. The van der Waals surface area contributed by atoms with Gasteiger partial charge in [0.2, 0.25) is 0 Å². The molecule has 2 aliphatic rings. The van der Waals surface area contributed by atoms with Crippen LogP contribution in [0.25, 0.3) is 0 Å². The first-order valence-electron chi connectivity index (χ1n) is 6.69. The molecule has 0 amide bonds. The normalized spacial score (nSPS) is 29.7. The molecule has 1 N–H and O–H groups in total. The monoisotopic (exact) mass is 306 g/mol. The number of carbonyl (C=O) groups excluding carboxylic acids is 1. The molecule has 0 aromatic heterocycles. The van der Waals surface area contributed by atoms with Crippen molar-refractivity contribution in [2.45, 2.75) is 12.1 Å². The Morgan fingerprint density at radius 3 is 2.62 bits per heavy atom.